The number of carbonyl (C=O) groups is 1. The number of nitrogens with zero attached hydrogens (tertiary/aromatic N) is 1. The highest BCUT2D eigenvalue weighted by Gasteiger charge is 2.56. The summed E-state index contributed by atoms with van der Waals surface area (Å²) >= 11 is 0. The van der Waals surface area contributed by atoms with Crippen molar-refractivity contribution in [3.63, 3.8) is 0 Å². The smallest absolute Gasteiger partial charge is 0.273 e. The fourth-order valence-corrected chi connectivity index (χ4v) is 4.22. The van der Waals surface area contributed by atoms with E-state index in [-0.39, 0.29) is 30.1 Å². The Morgan fingerprint density at radius 2 is 2.32 bits per heavy atom. The maximum absolute atomic E-state index is 12.3. The average molecular weight is 307 g/mol. The van der Waals surface area contributed by atoms with Crippen LogP contribution in [0.5, 0.6) is 0 Å². The third-order valence-corrected chi connectivity index (χ3v) is 5.94. The first-order valence-electron chi connectivity index (χ1n) is 7.97. The number of rotatable bonds is 4. The summed E-state index contributed by atoms with van der Waals surface area (Å²) in [6, 6.07) is -0.500. The van der Waals surface area contributed by atoms with Gasteiger partial charge in [0.2, 0.25) is 5.89 Å². The van der Waals surface area contributed by atoms with Crippen molar-refractivity contribution in [1.82, 2.24) is 10.3 Å². The maximum atomic E-state index is 12.3. The number of carbonyl (C=O) groups excluding carboxylic acids is 1. The fourth-order valence-electron chi connectivity index (χ4n) is 4.22. The molecule has 3 aliphatic rings. The van der Waals surface area contributed by atoms with Crippen LogP contribution in [-0.2, 0) is 0 Å². The van der Waals surface area contributed by atoms with Crippen LogP contribution in [0.1, 0.15) is 56.0 Å². The van der Waals surface area contributed by atoms with Gasteiger partial charge in [-0.3, -0.25) is 4.79 Å². The van der Waals surface area contributed by atoms with Crippen molar-refractivity contribution >= 4 is 5.91 Å². The van der Waals surface area contributed by atoms with Gasteiger partial charge in [-0.05, 0) is 36.0 Å². The SMILES string of the molecule is CC1C(NC(=O)c2coc(C(N)CO)n2)CC2CC1C2(C)C. The lowest BCUT2D eigenvalue weighted by molar-refractivity contribution is -0.113. The van der Waals surface area contributed by atoms with Crippen molar-refractivity contribution in [3.05, 3.63) is 17.8 Å². The van der Waals surface area contributed by atoms with Crippen LogP contribution in [0.2, 0.25) is 0 Å². The van der Waals surface area contributed by atoms with E-state index in [2.05, 4.69) is 31.1 Å². The first-order valence-corrected chi connectivity index (χ1v) is 7.97. The highest BCUT2D eigenvalue weighted by molar-refractivity contribution is 5.92. The van der Waals surface area contributed by atoms with Gasteiger partial charge in [-0.1, -0.05) is 20.8 Å². The molecule has 3 fully saturated rings. The van der Waals surface area contributed by atoms with E-state index < -0.39 is 6.04 Å². The molecule has 3 saturated carbocycles. The molecular weight excluding hydrogens is 282 g/mol. The summed E-state index contributed by atoms with van der Waals surface area (Å²) < 4.78 is 5.16. The summed E-state index contributed by atoms with van der Waals surface area (Å²) in [7, 11) is 0. The molecule has 2 bridgehead atoms. The summed E-state index contributed by atoms with van der Waals surface area (Å²) in [5.41, 5.74) is 6.25. The summed E-state index contributed by atoms with van der Waals surface area (Å²) in [6.45, 7) is 6.63. The molecule has 5 unspecified atom stereocenters. The van der Waals surface area contributed by atoms with Crippen molar-refractivity contribution in [2.75, 3.05) is 6.61 Å². The molecule has 0 radical (unpaired) electrons. The molecular formula is C16H25N3O3. The van der Waals surface area contributed by atoms with Gasteiger partial charge >= 0.3 is 0 Å². The van der Waals surface area contributed by atoms with Crippen LogP contribution in [0.4, 0.5) is 0 Å². The van der Waals surface area contributed by atoms with Crippen molar-refractivity contribution in [3.8, 4) is 0 Å². The number of hydrogen-bond donors (Lipinski definition) is 3. The van der Waals surface area contributed by atoms with E-state index in [1.54, 1.807) is 0 Å². The molecule has 6 heteroatoms. The Bertz CT molecular complexity index is 569. The Hall–Kier alpha value is -1.40. The second-order valence-electron chi connectivity index (χ2n) is 7.40. The molecule has 1 amide bonds. The monoisotopic (exact) mass is 307 g/mol. The Morgan fingerprint density at radius 3 is 2.91 bits per heavy atom. The summed E-state index contributed by atoms with van der Waals surface area (Å²) in [4.78, 5) is 16.4. The van der Waals surface area contributed by atoms with E-state index in [9.17, 15) is 4.79 Å². The molecule has 0 spiro atoms. The molecule has 0 saturated heterocycles. The van der Waals surface area contributed by atoms with Crippen molar-refractivity contribution in [1.29, 1.82) is 0 Å². The van der Waals surface area contributed by atoms with Crippen LogP contribution in [0, 0.1) is 23.2 Å². The normalized spacial score (nSPS) is 33.9. The topological polar surface area (TPSA) is 101 Å². The Kier molecular flexibility index (Phi) is 3.77. The third-order valence-electron chi connectivity index (χ3n) is 5.94. The summed E-state index contributed by atoms with van der Waals surface area (Å²) in [5, 5.41) is 12.1. The molecule has 0 aromatic carbocycles. The van der Waals surface area contributed by atoms with Gasteiger partial charge in [-0.25, -0.2) is 4.98 Å². The van der Waals surface area contributed by atoms with E-state index >= 15 is 0 Å². The molecule has 22 heavy (non-hydrogen) atoms. The van der Waals surface area contributed by atoms with E-state index in [1.807, 2.05) is 0 Å². The van der Waals surface area contributed by atoms with Crippen LogP contribution < -0.4 is 11.1 Å². The van der Waals surface area contributed by atoms with Gasteiger partial charge in [0.1, 0.15) is 12.3 Å². The second kappa shape index (κ2) is 5.35. The number of nitrogens with one attached hydrogen (secondary N) is 1. The molecule has 1 heterocycles. The molecule has 4 N–H and O–H groups in total. The van der Waals surface area contributed by atoms with Gasteiger partial charge in [0.05, 0.1) is 6.61 Å². The number of aromatic nitrogens is 1. The lowest BCUT2D eigenvalue weighted by atomic mass is 9.45. The minimum Gasteiger partial charge on any atom is -0.446 e. The minimum atomic E-state index is -0.691. The number of fused-ring (bicyclic) bond motifs is 2. The predicted octanol–water partition coefficient (Wildman–Crippen LogP) is 1.47. The summed E-state index contributed by atoms with van der Waals surface area (Å²) in [5.74, 6) is 1.79. The number of aliphatic hydroxyl groups is 1. The van der Waals surface area contributed by atoms with Gasteiger partial charge in [-0.15, -0.1) is 0 Å². The highest BCUT2D eigenvalue weighted by atomic mass is 16.3. The van der Waals surface area contributed by atoms with Crippen molar-refractivity contribution in [2.45, 2.75) is 45.7 Å². The van der Waals surface area contributed by atoms with Gasteiger partial charge in [0.25, 0.3) is 5.91 Å². The van der Waals surface area contributed by atoms with Gasteiger partial charge in [0, 0.05) is 6.04 Å². The van der Waals surface area contributed by atoms with Gasteiger partial charge in [-0.2, -0.15) is 0 Å². The Morgan fingerprint density at radius 1 is 1.59 bits per heavy atom. The lowest BCUT2D eigenvalue weighted by Crippen LogP contribution is -2.60. The molecule has 4 rings (SSSR count). The zero-order chi connectivity index (χ0) is 16.1. The van der Waals surface area contributed by atoms with Gasteiger partial charge < -0.3 is 20.6 Å². The van der Waals surface area contributed by atoms with Crippen LogP contribution in [0.15, 0.2) is 10.7 Å². The van der Waals surface area contributed by atoms with Crippen molar-refractivity contribution in [2.24, 2.45) is 28.9 Å². The molecule has 5 atom stereocenters. The molecule has 0 aliphatic heterocycles. The van der Waals surface area contributed by atoms with Crippen LogP contribution >= 0.6 is 0 Å². The maximum Gasteiger partial charge on any atom is 0.273 e. The fraction of sp³-hybridized carbons (Fsp3) is 0.750. The molecule has 1 aromatic heterocycles. The predicted molar refractivity (Wildman–Crippen MR) is 80.9 cm³/mol. The zero-order valence-electron chi connectivity index (χ0n) is 13.4. The quantitative estimate of drug-likeness (QED) is 0.782. The number of nitrogens with two attached hydrogens (primary N) is 1. The molecule has 1 aromatic rings. The first kappa shape index (κ1) is 15.5. The largest absolute Gasteiger partial charge is 0.446 e. The number of oxazole rings is 1. The second-order valence-corrected chi connectivity index (χ2v) is 7.40. The first-order chi connectivity index (χ1) is 10.3. The Labute approximate surface area is 130 Å². The van der Waals surface area contributed by atoms with Crippen LogP contribution in [0.25, 0.3) is 0 Å². The van der Waals surface area contributed by atoms with Crippen LogP contribution in [-0.4, -0.2) is 28.6 Å². The molecule has 3 aliphatic carbocycles. The third kappa shape index (κ3) is 2.34. The number of hydrogen-bond acceptors (Lipinski definition) is 5. The standard InChI is InChI=1S/C16H25N3O3/c1-8-10-4-9(16(10,2)3)5-12(8)18-14(21)13-7-22-15(19-13)11(17)6-20/h7-12,20H,4-6,17H2,1-3H3,(H,18,21). The lowest BCUT2D eigenvalue weighted by Gasteiger charge is -2.62. The van der Waals surface area contributed by atoms with Crippen LogP contribution in [0.3, 0.4) is 0 Å². The average Bonchev–Trinajstić information content (AvgIpc) is 2.97. The van der Waals surface area contributed by atoms with E-state index in [0.29, 0.717) is 23.2 Å². The summed E-state index contributed by atoms with van der Waals surface area (Å²) in [6.07, 6.45) is 3.61. The number of amides is 1. The van der Waals surface area contributed by atoms with E-state index in [0.717, 1.165) is 6.42 Å². The minimum absolute atomic E-state index is 0.188. The Balaban J connectivity index is 1.64. The van der Waals surface area contributed by atoms with E-state index in [1.165, 1.54) is 12.7 Å². The van der Waals surface area contributed by atoms with Crippen molar-refractivity contribution < 1.29 is 14.3 Å². The molecule has 122 valence electrons. The molecule has 6 nitrogen and oxygen atoms in total. The highest BCUT2D eigenvalue weighted by Crippen LogP contribution is 2.61. The zero-order valence-corrected chi connectivity index (χ0v) is 13.4. The van der Waals surface area contributed by atoms with Gasteiger partial charge in [0.15, 0.2) is 5.69 Å². The van der Waals surface area contributed by atoms with E-state index in [4.69, 9.17) is 15.3 Å². The number of aliphatic hydroxyl groups excluding tert-OH is 1.